The molecule has 0 saturated heterocycles. The molecular formula is C21H33IN4O3. The molecule has 2 N–H and O–H groups in total. The molecule has 0 spiro atoms. The number of fused-ring (bicyclic) bond motifs is 1. The Morgan fingerprint density at radius 1 is 1.14 bits per heavy atom. The summed E-state index contributed by atoms with van der Waals surface area (Å²) in [5, 5.41) is 6.61. The Balaban J connectivity index is 0.00000300. The highest BCUT2D eigenvalue weighted by atomic mass is 127. The second kappa shape index (κ2) is 10.9. The highest BCUT2D eigenvalue weighted by Gasteiger charge is 2.42. The number of guanidine groups is 1. The summed E-state index contributed by atoms with van der Waals surface area (Å²) in [4.78, 5) is 19.2. The minimum atomic E-state index is -0.378. The van der Waals surface area contributed by atoms with Gasteiger partial charge in [0.05, 0.1) is 25.2 Å². The number of nitrogens with one attached hydrogen (secondary N) is 2. The van der Waals surface area contributed by atoms with E-state index in [1.807, 2.05) is 39.2 Å². The standard InChI is InChI=1S/C21H32N4O3.HI/c1-4-22-20(23-15-21(10-5-6-11-21)19(26)25(2)3)24-16-8-9-17-18(14-16)28-13-7-12-27-17;/h8-9,14H,4-7,10-13,15H2,1-3H3,(H2,22,23,24);1H. The molecule has 0 unspecified atom stereocenters. The quantitative estimate of drug-likeness (QED) is 0.356. The smallest absolute Gasteiger partial charge is 0.230 e. The summed E-state index contributed by atoms with van der Waals surface area (Å²) in [6.45, 7) is 4.59. The third-order valence-corrected chi connectivity index (χ3v) is 5.31. The number of nitrogens with zero attached hydrogens (tertiary/aromatic N) is 2. The number of ether oxygens (including phenoxy) is 2. The van der Waals surface area contributed by atoms with Gasteiger partial charge in [-0.2, -0.15) is 0 Å². The van der Waals surface area contributed by atoms with Crippen molar-refractivity contribution < 1.29 is 14.3 Å². The largest absolute Gasteiger partial charge is 0.490 e. The molecule has 162 valence electrons. The lowest BCUT2D eigenvalue weighted by Gasteiger charge is -2.29. The van der Waals surface area contributed by atoms with Crippen LogP contribution in [0.4, 0.5) is 5.69 Å². The SMILES string of the molecule is CCNC(=NCC1(C(=O)N(C)C)CCCC1)Nc1ccc2c(c1)OCCCO2.I. The lowest BCUT2D eigenvalue weighted by atomic mass is 9.85. The van der Waals surface area contributed by atoms with Gasteiger partial charge in [-0.25, -0.2) is 0 Å². The maximum atomic E-state index is 12.8. The van der Waals surface area contributed by atoms with Gasteiger partial charge in [0, 0.05) is 38.8 Å². The van der Waals surface area contributed by atoms with Gasteiger partial charge < -0.3 is 25.0 Å². The van der Waals surface area contributed by atoms with Crippen LogP contribution in [-0.2, 0) is 4.79 Å². The lowest BCUT2D eigenvalue weighted by molar-refractivity contribution is -0.138. The van der Waals surface area contributed by atoms with Crippen molar-refractivity contribution in [2.24, 2.45) is 10.4 Å². The number of carbonyl (C=O) groups is 1. The molecule has 1 aliphatic carbocycles. The zero-order chi connectivity index (χ0) is 20.0. The molecular weight excluding hydrogens is 483 g/mol. The van der Waals surface area contributed by atoms with Gasteiger partial charge >= 0.3 is 0 Å². The van der Waals surface area contributed by atoms with E-state index < -0.39 is 0 Å². The lowest BCUT2D eigenvalue weighted by Crippen LogP contribution is -2.41. The van der Waals surface area contributed by atoms with Gasteiger partial charge in [0.2, 0.25) is 5.91 Å². The summed E-state index contributed by atoms with van der Waals surface area (Å²) in [7, 11) is 3.65. The van der Waals surface area contributed by atoms with Crippen LogP contribution in [-0.4, -0.2) is 57.2 Å². The molecule has 0 atom stereocenters. The molecule has 7 nitrogen and oxygen atoms in total. The number of carbonyl (C=O) groups excluding carboxylic acids is 1. The highest BCUT2D eigenvalue weighted by Crippen LogP contribution is 2.40. The van der Waals surface area contributed by atoms with E-state index in [0.29, 0.717) is 25.7 Å². The summed E-state index contributed by atoms with van der Waals surface area (Å²) in [5.41, 5.74) is 0.500. The Kier molecular flexibility index (Phi) is 8.85. The normalized spacial score (nSPS) is 17.7. The Labute approximate surface area is 190 Å². The number of amides is 1. The van der Waals surface area contributed by atoms with Crippen LogP contribution in [0.15, 0.2) is 23.2 Å². The van der Waals surface area contributed by atoms with Gasteiger partial charge in [-0.05, 0) is 31.9 Å². The third-order valence-electron chi connectivity index (χ3n) is 5.31. The molecule has 1 aromatic carbocycles. The maximum Gasteiger partial charge on any atom is 0.230 e. The molecule has 3 rings (SSSR count). The molecule has 1 saturated carbocycles. The number of aliphatic imine (C=N–C) groups is 1. The first-order valence-corrected chi connectivity index (χ1v) is 10.2. The van der Waals surface area contributed by atoms with Crippen molar-refractivity contribution in [3.8, 4) is 11.5 Å². The summed E-state index contributed by atoms with van der Waals surface area (Å²) in [6, 6.07) is 5.81. The van der Waals surface area contributed by atoms with Crippen molar-refractivity contribution in [3.63, 3.8) is 0 Å². The number of anilines is 1. The summed E-state index contributed by atoms with van der Waals surface area (Å²) in [6.07, 6.45) is 4.85. The van der Waals surface area contributed by atoms with Crippen LogP contribution in [0.2, 0.25) is 0 Å². The Hall–Kier alpha value is -1.71. The van der Waals surface area contributed by atoms with Gasteiger partial charge in [0.15, 0.2) is 17.5 Å². The highest BCUT2D eigenvalue weighted by molar-refractivity contribution is 14.0. The second-order valence-corrected chi connectivity index (χ2v) is 7.72. The van der Waals surface area contributed by atoms with Gasteiger partial charge in [0.1, 0.15) is 0 Å². The van der Waals surface area contributed by atoms with Crippen molar-refractivity contribution >= 4 is 41.5 Å². The fraction of sp³-hybridized carbons (Fsp3) is 0.619. The van der Waals surface area contributed by atoms with Gasteiger partial charge in [0.25, 0.3) is 0 Å². The van der Waals surface area contributed by atoms with E-state index in [2.05, 4.69) is 10.6 Å². The molecule has 0 aromatic heterocycles. The van der Waals surface area contributed by atoms with Crippen molar-refractivity contribution in [2.45, 2.75) is 39.0 Å². The van der Waals surface area contributed by atoms with Crippen LogP contribution in [0.3, 0.4) is 0 Å². The van der Waals surface area contributed by atoms with Crippen LogP contribution in [0.25, 0.3) is 0 Å². The topological polar surface area (TPSA) is 75.2 Å². The van der Waals surface area contributed by atoms with Crippen molar-refractivity contribution in [3.05, 3.63) is 18.2 Å². The molecule has 2 aliphatic rings. The average molecular weight is 516 g/mol. The number of hydrogen-bond donors (Lipinski definition) is 2. The van der Waals surface area contributed by atoms with E-state index in [4.69, 9.17) is 14.5 Å². The van der Waals surface area contributed by atoms with Crippen LogP contribution in [0, 0.1) is 5.41 Å². The molecule has 1 aliphatic heterocycles. The van der Waals surface area contributed by atoms with E-state index in [1.54, 1.807) is 4.90 Å². The van der Waals surface area contributed by atoms with Crippen molar-refractivity contribution in [1.29, 1.82) is 0 Å². The van der Waals surface area contributed by atoms with Gasteiger partial charge in [-0.1, -0.05) is 12.8 Å². The second-order valence-electron chi connectivity index (χ2n) is 7.72. The number of halogens is 1. The monoisotopic (exact) mass is 516 g/mol. The van der Waals surface area contributed by atoms with Crippen LogP contribution < -0.4 is 20.1 Å². The molecule has 0 bridgehead atoms. The third kappa shape index (κ3) is 5.90. The van der Waals surface area contributed by atoms with Crippen LogP contribution >= 0.6 is 24.0 Å². The Bertz CT molecular complexity index is 718. The first kappa shape index (κ1) is 23.6. The first-order chi connectivity index (χ1) is 13.5. The van der Waals surface area contributed by atoms with Gasteiger partial charge in [-0.15, -0.1) is 24.0 Å². The van der Waals surface area contributed by atoms with E-state index in [-0.39, 0.29) is 35.3 Å². The average Bonchev–Trinajstić information content (AvgIpc) is 3.05. The molecule has 1 heterocycles. The summed E-state index contributed by atoms with van der Waals surface area (Å²) in [5.74, 6) is 2.37. The van der Waals surface area contributed by atoms with Crippen molar-refractivity contribution in [2.75, 3.05) is 45.7 Å². The fourth-order valence-electron chi connectivity index (χ4n) is 3.88. The maximum absolute atomic E-state index is 12.8. The minimum Gasteiger partial charge on any atom is -0.490 e. The van der Waals surface area contributed by atoms with Crippen molar-refractivity contribution in [1.82, 2.24) is 10.2 Å². The number of rotatable bonds is 5. The van der Waals surface area contributed by atoms with Gasteiger partial charge in [-0.3, -0.25) is 9.79 Å². The van der Waals surface area contributed by atoms with E-state index in [1.165, 1.54) is 0 Å². The zero-order valence-corrected chi connectivity index (χ0v) is 20.0. The van der Waals surface area contributed by atoms with E-state index >= 15 is 0 Å². The number of hydrogen-bond acceptors (Lipinski definition) is 4. The molecule has 8 heteroatoms. The molecule has 0 radical (unpaired) electrons. The molecule has 1 fully saturated rings. The van der Waals surface area contributed by atoms with E-state index in [0.717, 1.165) is 55.8 Å². The first-order valence-electron chi connectivity index (χ1n) is 10.2. The predicted octanol–water partition coefficient (Wildman–Crippen LogP) is 3.49. The fourth-order valence-corrected chi connectivity index (χ4v) is 3.88. The van der Waals surface area contributed by atoms with E-state index in [9.17, 15) is 4.79 Å². The Morgan fingerprint density at radius 2 is 1.83 bits per heavy atom. The minimum absolute atomic E-state index is 0. The summed E-state index contributed by atoms with van der Waals surface area (Å²) >= 11 is 0. The molecule has 29 heavy (non-hydrogen) atoms. The Morgan fingerprint density at radius 3 is 2.48 bits per heavy atom. The summed E-state index contributed by atoms with van der Waals surface area (Å²) < 4.78 is 11.5. The van der Waals surface area contributed by atoms with Crippen LogP contribution in [0.5, 0.6) is 11.5 Å². The number of benzene rings is 1. The van der Waals surface area contributed by atoms with Crippen LogP contribution in [0.1, 0.15) is 39.0 Å². The predicted molar refractivity (Wildman–Crippen MR) is 127 cm³/mol. The molecule has 1 amide bonds. The zero-order valence-electron chi connectivity index (χ0n) is 17.6. The molecule has 1 aromatic rings.